The standard InChI is InChI=1S/C19H10ClFN2O3S/c20-12-5-3-10(8-13(12)21)17(24)11-4-6-14-16(9-11)27-19(22-14)23-18(25)15-2-1-7-26-15/h1-9H,(H,22,23,25). The summed E-state index contributed by atoms with van der Waals surface area (Å²) < 4.78 is 19.4. The minimum Gasteiger partial charge on any atom is -0.459 e. The highest BCUT2D eigenvalue weighted by Crippen LogP contribution is 2.28. The van der Waals surface area contributed by atoms with Crippen LogP contribution in [0.1, 0.15) is 26.5 Å². The average Bonchev–Trinajstić information content (AvgIpc) is 3.32. The number of furan rings is 1. The van der Waals surface area contributed by atoms with E-state index in [0.29, 0.717) is 20.9 Å². The number of nitrogens with one attached hydrogen (secondary N) is 1. The number of fused-ring (bicyclic) bond motifs is 1. The van der Waals surface area contributed by atoms with Gasteiger partial charge in [-0.2, -0.15) is 0 Å². The van der Waals surface area contributed by atoms with E-state index in [1.54, 1.807) is 30.3 Å². The summed E-state index contributed by atoms with van der Waals surface area (Å²) in [6, 6.07) is 12.0. The third kappa shape index (κ3) is 3.47. The molecule has 5 nitrogen and oxygen atoms in total. The Kier molecular flexibility index (Phi) is 4.47. The van der Waals surface area contributed by atoms with Gasteiger partial charge in [-0.05, 0) is 48.5 Å². The maximum Gasteiger partial charge on any atom is 0.293 e. The highest BCUT2D eigenvalue weighted by Gasteiger charge is 2.15. The van der Waals surface area contributed by atoms with Crippen LogP contribution in [0, 0.1) is 5.82 Å². The molecule has 0 atom stereocenters. The van der Waals surface area contributed by atoms with Crippen LogP contribution in [-0.2, 0) is 0 Å². The van der Waals surface area contributed by atoms with Crippen molar-refractivity contribution in [1.82, 2.24) is 4.98 Å². The molecule has 0 aliphatic carbocycles. The number of benzene rings is 2. The smallest absolute Gasteiger partial charge is 0.293 e. The third-order valence-electron chi connectivity index (χ3n) is 3.80. The van der Waals surface area contributed by atoms with Crippen molar-refractivity contribution in [3.8, 4) is 0 Å². The first kappa shape index (κ1) is 17.4. The number of anilines is 1. The molecular formula is C19H10ClFN2O3S. The predicted octanol–water partition coefficient (Wildman–Crippen LogP) is 5.17. The summed E-state index contributed by atoms with van der Waals surface area (Å²) in [5.74, 6) is -1.21. The van der Waals surface area contributed by atoms with Gasteiger partial charge in [-0.3, -0.25) is 14.9 Å². The summed E-state index contributed by atoms with van der Waals surface area (Å²) in [7, 11) is 0. The van der Waals surface area contributed by atoms with Gasteiger partial charge in [-0.15, -0.1) is 0 Å². The van der Waals surface area contributed by atoms with Gasteiger partial charge in [0.15, 0.2) is 16.7 Å². The van der Waals surface area contributed by atoms with Gasteiger partial charge in [0.25, 0.3) is 5.91 Å². The van der Waals surface area contributed by atoms with Crippen molar-refractivity contribution in [2.75, 3.05) is 5.32 Å². The summed E-state index contributed by atoms with van der Waals surface area (Å²) in [5, 5.41) is 3.00. The minimum atomic E-state index is -0.649. The number of halogens is 2. The summed E-state index contributed by atoms with van der Waals surface area (Å²) in [4.78, 5) is 28.9. The van der Waals surface area contributed by atoms with E-state index in [1.807, 2.05) is 0 Å². The van der Waals surface area contributed by atoms with Crippen LogP contribution < -0.4 is 5.32 Å². The molecule has 4 aromatic rings. The van der Waals surface area contributed by atoms with Gasteiger partial charge in [-0.1, -0.05) is 22.9 Å². The second-order valence-corrected chi connectivity index (χ2v) is 7.03. The van der Waals surface area contributed by atoms with Crippen molar-refractivity contribution in [3.63, 3.8) is 0 Å². The van der Waals surface area contributed by atoms with Crippen molar-refractivity contribution in [2.45, 2.75) is 0 Å². The van der Waals surface area contributed by atoms with Crippen LogP contribution in [0.15, 0.2) is 59.2 Å². The first-order valence-electron chi connectivity index (χ1n) is 7.76. The Balaban J connectivity index is 1.61. The average molecular weight is 401 g/mol. The van der Waals surface area contributed by atoms with Crippen LogP contribution in [0.4, 0.5) is 9.52 Å². The molecule has 27 heavy (non-hydrogen) atoms. The van der Waals surface area contributed by atoms with Crippen molar-refractivity contribution in [2.24, 2.45) is 0 Å². The molecule has 0 saturated heterocycles. The summed E-state index contributed by atoms with van der Waals surface area (Å²) >= 11 is 6.88. The number of hydrogen-bond acceptors (Lipinski definition) is 5. The molecule has 2 aromatic carbocycles. The molecule has 0 aliphatic heterocycles. The van der Waals surface area contributed by atoms with Gasteiger partial charge in [0.05, 0.1) is 21.5 Å². The van der Waals surface area contributed by atoms with Gasteiger partial charge in [0.2, 0.25) is 0 Å². The molecule has 0 spiro atoms. The lowest BCUT2D eigenvalue weighted by molar-refractivity contribution is 0.0995. The molecule has 0 saturated carbocycles. The molecule has 2 heterocycles. The second-order valence-electron chi connectivity index (χ2n) is 5.59. The molecule has 0 bridgehead atoms. The second kappa shape index (κ2) is 6.94. The number of hydrogen-bond donors (Lipinski definition) is 1. The maximum atomic E-state index is 13.6. The molecule has 0 unspecified atom stereocenters. The molecule has 0 radical (unpaired) electrons. The van der Waals surface area contributed by atoms with Gasteiger partial charge in [0, 0.05) is 11.1 Å². The summed E-state index contributed by atoms with van der Waals surface area (Å²) in [5.41, 5.74) is 1.22. The Morgan fingerprint density at radius 2 is 1.89 bits per heavy atom. The van der Waals surface area contributed by atoms with E-state index < -0.39 is 11.7 Å². The van der Waals surface area contributed by atoms with Crippen LogP contribution in [0.5, 0.6) is 0 Å². The molecular weight excluding hydrogens is 391 g/mol. The quantitative estimate of drug-likeness (QED) is 0.480. The van der Waals surface area contributed by atoms with Crippen molar-refractivity contribution in [3.05, 3.63) is 82.5 Å². The molecule has 0 aliphatic rings. The molecule has 134 valence electrons. The fourth-order valence-corrected chi connectivity index (χ4v) is 3.51. The van der Waals surface area contributed by atoms with E-state index in [2.05, 4.69) is 10.3 Å². The summed E-state index contributed by atoms with van der Waals surface area (Å²) in [6.07, 6.45) is 1.41. The highest BCUT2D eigenvalue weighted by molar-refractivity contribution is 7.22. The number of rotatable bonds is 4. The molecule has 1 amide bonds. The fourth-order valence-electron chi connectivity index (χ4n) is 2.49. The van der Waals surface area contributed by atoms with Crippen molar-refractivity contribution in [1.29, 1.82) is 0 Å². The van der Waals surface area contributed by atoms with E-state index in [0.717, 1.165) is 6.07 Å². The van der Waals surface area contributed by atoms with Gasteiger partial charge in [0.1, 0.15) is 5.82 Å². The van der Waals surface area contributed by atoms with Crippen LogP contribution in [-0.4, -0.2) is 16.7 Å². The van der Waals surface area contributed by atoms with Gasteiger partial charge >= 0.3 is 0 Å². The largest absolute Gasteiger partial charge is 0.459 e. The lowest BCUT2D eigenvalue weighted by Crippen LogP contribution is -2.10. The molecule has 0 fully saturated rings. The Morgan fingerprint density at radius 1 is 1.11 bits per heavy atom. The molecule has 4 rings (SSSR count). The minimum absolute atomic E-state index is 0.0404. The van der Waals surface area contributed by atoms with Crippen molar-refractivity contribution >= 4 is 50.0 Å². The van der Waals surface area contributed by atoms with E-state index in [9.17, 15) is 14.0 Å². The number of carbonyl (C=O) groups excluding carboxylic acids is 2. The van der Waals surface area contributed by atoms with Gasteiger partial charge < -0.3 is 4.42 Å². The normalized spacial score (nSPS) is 10.9. The number of nitrogens with zero attached hydrogens (tertiary/aromatic N) is 1. The zero-order valence-corrected chi connectivity index (χ0v) is 15.1. The van der Waals surface area contributed by atoms with Crippen LogP contribution in [0.2, 0.25) is 5.02 Å². The fraction of sp³-hybridized carbons (Fsp3) is 0. The van der Waals surface area contributed by atoms with E-state index in [4.69, 9.17) is 16.0 Å². The Hall–Kier alpha value is -3.03. The van der Waals surface area contributed by atoms with Crippen LogP contribution in [0.25, 0.3) is 10.2 Å². The lowest BCUT2D eigenvalue weighted by atomic mass is 10.0. The Labute approximate surface area is 161 Å². The number of ketones is 1. The van der Waals surface area contributed by atoms with Gasteiger partial charge in [-0.25, -0.2) is 9.37 Å². The molecule has 2 aromatic heterocycles. The SMILES string of the molecule is O=C(c1ccc(Cl)c(F)c1)c1ccc2nc(NC(=O)c3ccco3)sc2c1. The third-order valence-corrected chi connectivity index (χ3v) is 5.04. The first-order chi connectivity index (χ1) is 13.0. The van der Waals surface area contributed by atoms with E-state index in [1.165, 1.54) is 29.7 Å². The molecule has 1 N–H and O–H groups in total. The Bertz CT molecular complexity index is 1170. The number of thiazole rings is 1. The van der Waals surface area contributed by atoms with Crippen LogP contribution in [0.3, 0.4) is 0 Å². The summed E-state index contributed by atoms with van der Waals surface area (Å²) in [6.45, 7) is 0. The zero-order valence-electron chi connectivity index (χ0n) is 13.5. The van der Waals surface area contributed by atoms with E-state index >= 15 is 0 Å². The van der Waals surface area contributed by atoms with E-state index in [-0.39, 0.29) is 22.1 Å². The first-order valence-corrected chi connectivity index (χ1v) is 8.96. The Morgan fingerprint density at radius 3 is 2.63 bits per heavy atom. The number of amides is 1. The topological polar surface area (TPSA) is 72.2 Å². The highest BCUT2D eigenvalue weighted by atomic mass is 35.5. The monoisotopic (exact) mass is 400 g/mol. The predicted molar refractivity (Wildman–Crippen MR) is 101 cm³/mol. The van der Waals surface area contributed by atoms with Crippen molar-refractivity contribution < 1.29 is 18.4 Å². The zero-order chi connectivity index (χ0) is 19.0. The lowest BCUT2D eigenvalue weighted by Gasteiger charge is -2.02. The molecule has 8 heteroatoms. The van der Waals surface area contributed by atoms with Crippen LogP contribution >= 0.6 is 22.9 Å². The maximum absolute atomic E-state index is 13.6. The number of aromatic nitrogens is 1. The number of carbonyl (C=O) groups is 2.